The maximum Gasteiger partial charge on any atom is 0.387 e. The number of benzene rings is 5. The Kier molecular flexibility index (Phi) is 10.3. The van der Waals surface area contributed by atoms with E-state index in [0.717, 1.165) is 17.7 Å². The van der Waals surface area contributed by atoms with Crippen LogP contribution in [-0.2, 0) is 0 Å². The van der Waals surface area contributed by atoms with Crippen LogP contribution in [0.15, 0.2) is 84.9 Å². The van der Waals surface area contributed by atoms with Crippen LogP contribution in [0.2, 0.25) is 0 Å². The van der Waals surface area contributed by atoms with Gasteiger partial charge in [0.15, 0.2) is 17.1 Å². The van der Waals surface area contributed by atoms with Gasteiger partial charge in [0.1, 0.15) is 29.5 Å². The van der Waals surface area contributed by atoms with E-state index in [9.17, 15) is 29.8 Å². The second kappa shape index (κ2) is 15.8. The first-order valence-corrected chi connectivity index (χ1v) is 17.5. The lowest BCUT2D eigenvalue weighted by Crippen LogP contribution is -2.05. The van der Waals surface area contributed by atoms with Gasteiger partial charge in [0, 0.05) is 44.5 Å². The van der Waals surface area contributed by atoms with Crippen molar-refractivity contribution in [2.45, 2.75) is 13.5 Å². The molecular weight excluding hydrogens is 781 g/mol. The summed E-state index contributed by atoms with van der Waals surface area (Å²) >= 11 is 0. The number of aryl methyl sites for hydroxylation is 1. The van der Waals surface area contributed by atoms with Gasteiger partial charge in [-0.1, -0.05) is 54.1 Å². The molecule has 5 aromatic rings. The van der Waals surface area contributed by atoms with Gasteiger partial charge in [-0.3, -0.25) is 0 Å². The summed E-state index contributed by atoms with van der Waals surface area (Å²) in [4.78, 5) is 14.2. The van der Waals surface area contributed by atoms with Crippen LogP contribution in [0.4, 0.5) is 28.9 Å². The molecule has 284 valence electrons. The first-order valence-electron chi connectivity index (χ1n) is 17.5. The van der Waals surface area contributed by atoms with Crippen LogP contribution >= 0.6 is 0 Å². The summed E-state index contributed by atoms with van der Waals surface area (Å²) in [6.07, 6.45) is 0. The van der Waals surface area contributed by atoms with Gasteiger partial charge < -0.3 is 4.74 Å². The highest BCUT2D eigenvalue weighted by Crippen LogP contribution is 2.59. The zero-order chi connectivity index (χ0) is 43.7. The number of hydrogen-bond acceptors (Lipinski definition) is 5. The van der Waals surface area contributed by atoms with Gasteiger partial charge >= 0.3 is 6.61 Å². The minimum atomic E-state index is -3.20. The third kappa shape index (κ3) is 6.57. The fourth-order valence-corrected chi connectivity index (χ4v) is 7.45. The number of ether oxygens (including phenoxy) is 1. The molecule has 0 bridgehead atoms. The molecule has 0 saturated carbocycles. The van der Waals surface area contributed by atoms with E-state index in [1.807, 2.05) is 24.3 Å². The lowest BCUT2D eigenvalue weighted by Gasteiger charge is -2.17. The number of halogens is 4. The highest BCUT2D eigenvalue weighted by molar-refractivity contribution is 6.34. The third-order valence-electron chi connectivity index (χ3n) is 9.91. The average molecular weight is 799 g/mol. The van der Waals surface area contributed by atoms with E-state index in [-0.39, 0.29) is 78.5 Å². The number of allylic oxidation sites excluding steroid dienone is 6. The molecule has 0 saturated heterocycles. The van der Waals surface area contributed by atoms with Gasteiger partial charge in [-0.25, -0.2) is 28.2 Å². The third-order valence-corrected chi connectivity index (χ3v) is 9.91. The Bertz CT molecular complexity index is 3240. The molecule has 7 rings (SSSR count). The number of fused-ring (bicyclic) bond motifs is 2. The summed E-state index contributed by atoms with van der Waals surface area (Å²) in [7, 11) is 0. The van der Waals surface area contributed by atoms with Gasteiger partial charge in [-0.15, -0.1) is 0 Å². The van der Waals surface area contributed by atoms with Crippen molar-refractivity contribution in [1.82, 2.24) is 0 Å². The number of alkyl halides is 2. The zero-order valence-electron chi connectivity index (χ0n) is 31.2. The van der Waals surface area contributed by atoms with E-state index in [2.05, 4.69) is 24.1 Å². The van der Waals surface area contributed by atoms with Crippen molar-refractivity contribution in [3.8, 4) is 30.0 Å². The van der Waals surface area contributed by atoms with E-state index >= 15 is 8.78 Å². The van der Waals surface area contributed by atoms with E-state index in [4.69, 9.17) is 26.3 Å². The van der Waals surface area contributed by atoms with Gasteiger partial charge in [-0.2, -0.15) is 29.8 Å². The van der Waals surface area contributed by atoms with Crippen molar-refractivity contribution < 1.29 is 22.3 Å². The molecule has 2 aliphatic rings. The van der Waals surface area contributed by atoms with E-state index < -0.39 is 57.3 Å². The Morgan fingerprint density at radius 1 is 0.623 bits per heavy atom. The highest BCUT2D eigenvalue weighted by atomic mass is 19.3. The quantitative estimate of drug-likeness (QED) is 0.0961. The topological polar surface area (TPSA) is 122 Å². The Morgan fingerprint density at radius 2 is 1.16 bits per heavy atom. The SMILES string of the molecule is [C-]#[N+]C1=C(c2ccc(C)cc2)/C(=C(\[N+]#[C-])c2cc(C#N)cc([N+]#[C-])c2)c2c(F)c3c(c(F)c21)/C(=C(/C#N)c1cc(C#N)cc([N+]#[C-])c1)C(c1ccc(OC(F)F)cc1)=C3C#N. The zero-order valence-corrected chi connectivity index (χ0v) is 31.2. The van der Waals surface area contributed by atoms with Crippen LogP contribution in [0.3, 0.4) is 0 Å². The molecule has 0 radical (unpaired) electrons. The molecule has 9 nitrogen and oxygen atoms in total. The molecule has 0 N–H and O–H groups in total. The van der Waals surface area contributed by atoms with E-state index in [1.165, 1.54) is 48.5 Å². The first-order chi connectivity index (χ1) is 29.5. The molecular formula is C48H18F4N8O. The number of rotatable bonds is 6. The van der Waals surface area contributed by atoms with Crippen LogP contribution in [0.1, 0.15) is 61.2 Å². The van der Waals surface area contributed by atoms with Crippen molar-refractivity contribution in [2.24, 2.45) is 0 Å². The van der Waals surface area contributed by atoms with E-state index in [0.29, 0.717) is 0 Å². The Morgan fingerprint density at radius 3 is 1.69 bits per heavy atom. The predicted molar refractivity (Wildman–Crippen MR) is 217 cm³/mol. The maximum absolute atomic E-state index is 18.2. The minimum Gasteiger partial charge on any atom is -0.435 e. The second-order valence-electron chi connectivity index (χ2n) is 13.3. The molecule has 0 spiro atoms. The summed E-state index contributed by atoms with van der Waals surface area (Å²) in [6.45, 7) is 30.6. The molecule has 13 heteroatoms. The molecule has 2 aliphatic carbocycles. The van der Waals surface area contributed by atoms with Crippen LogP contribution in [0.5, 0.6) is 5.75 Å². The van der Waals surface area contributed by atoms with Gasteiger partial charge in [-0.05, 0) is 76.7 Å². The van der Waals surface area contributed by atoms with Crippen molar-refractivity contribution in [2.75, 3.05) is 0 Å². The van der Waals surface area contributed by atoms with Gasteiger partial charge in [0.25, 0.3) is 0 Å². The number of nitrogens with zero attached hydrogens (tertiary/aromatic N) is 8. The fraction of sp³-hybridized carbons (Fsp3) is 0.0417. The van der Waals surface area contributed by atoms with Crippen LogP contribution < -0.4 is 4.74 Å². The highest BCUT2D eigenvalue weighted by Gasteiger charge is 2.44. The van der Waals surface area contributed by atoms with Crippen molar-refractivity contribution in [1.29, 1.82) is 21.0 Å². The van der Waals surface area contributed by atoms with Crippen molar-refractivity contribution >= 4 is 56.2 Å². The Labute approximate surface area is 345 Å². The fourth-order valence-electron chi connectivity index (χ4n) is 7.45. The molecule has 61 heavy (non-hydrogen) atoms. The summed E-state index contributed by atoms with van der Waals surface area (Å²) in [6, 6.07) is 26.7. The van der Waals surface area contributed by atoms with Gasteiger partial charge in [0.05, 0.1) is 49.6 Å². The Hall–Kier alpha value is -9.50. The summed E-state index contributed by atoms with van der Waals surface area (Å²) in [5.74, 6) is -2.82. The maximum atomic E-state index is 18.2. The van der Waals surface area contributed by atoms with E-state index in [1.54, 1.807) is 31.2 Å². The monoisotopic (exact) mass is 798 g/mol. The smallest absolute Gasteiger partial charge is 0.387 e. The lowest BCUT2D eigenvalue weighted by molar-refractivity contribution is -0.0498. The number of nitriles is 4. The number of hydrogen-bond donors (Lipinski definition) is 0. The molecule has 0 heterocycles. The molecule has 0 atom stereocenters. The van der Waals surface area contributed by atoms with Gasteiger partial charge in [0.2, 0.25) is 5.70 Å². The van der Waals surface area contributed by atoms with Crippen LogP contribution in [-0.4, -0.2) is 6.61 Å². The lowest BCUT2D eigenvalue weighted by atomic mass is 9.87. The molecule has 0 fully saturated rings. The summed E-state index contributed by atoms with van der Waals surface area (Å²) in [5, 5.41) is 41.3. The van der Waals surface area contributed by atoms with Crippen LogP contribution in [0, 0.1) is 90.2 Å². The summed E-state index contributed by atoms with van der Waals surface area (Å²) in [5.41, 5.74) is -4.26. The largest absolute Gasteiger partial charge is 0.435 e. The average Bonchev–Trinajstić information content (AvgIpc) is 3.80. The normalized spacial score (nSPS) is 13.9. The Balaban J connectivity index is 1.71. The summed E-state index contributed by atoms with van der Waals surface area (Å²) < 4.78 is 67.1. The standard InChI is InChI=1S/C48H18F4N8O/c1-24-6-8-28(9-7-24)37-42(46(59-4)30-15-26(21-54)17-32(19-30)58-3)41-43(47(37)60-5)45(50)40-38(34(22-55)29-14-25(20-53)16-31(18-29)57-2)36(35(23-56)39(40)44(41)49)27-10-12-33(13-11-27)61-48(51)52/h6-19,48H,1H3/b38-34-,46-42+. The van der Waals surface area contributed by atoms with Crippen molar-refractivity contribution in [3.63, 3.8) is 0 Å². The molecule has 0 aliphatic heterocycles. The molecule has 0 amide bonds. The predicted octanol–water partition coefficient (Wildman–Crippen LogP) is 12.2. The van der Waals surface area contributed by atoms with Crippen LogP contribution in [0.25, 0.3) is 64.2 Å². The molecule has 0 unspecified atom stereocenters. The second-order valence-corrected chi connectivity index (χ2v) is 13.3. The van der Waals surface area contributed by atoms with Crippen molar-refractivity contribution in [3.05, 3.63) is 203 Å². The molecule has 5 aromatic carbocycles. The minimum absolute atomic E-state index is 0.0136. The first kappa shape index (κ1) is 39.7. The molecule has 0 aromatic heterocycles.